The summed E-state index contributed by atoms with van der Waals surface area (Å²) >= 11 is 1.25. The number of hydrogen-bond acceptors (Lipinski definition) is 6. The number of carbonyl (C=O) groups is 2. The van der Waals surface area contributed by atoms with Gasteiger partial charge in [0.2, 0.25) is 0 Å². The highest BCUT2D eigenvalue weighted by atomic mass is 32.2. The fraction of sp³-hybridized carbons (Fsp3) is 0.240. The molecule has 0 aliphatic carbocycles. The summed E-state index contributed by atoms with van der Waals surface area (Å²) in [5, 5.41) is 9.56. The van der Waals surface area contributed by atoms with E-state index in [-0.39, 0.29) is 11.5 Å². The first-order valence-electron chi connectivity index (χ1n) is 10.5. The van der Waals surface area contributed by atoms with Crippen LogP contribution in [0.4, 0.5) is 5.69 Å². The molecule has 3 rings (SSSR count). The first-order chi connectivity index (χ1) is 16.0. The number of amidine groups is 1. The van der Waals surface area contributed by atoms with Crippen LogP contribution in [0.1, 0.15) is 35.7 Å². The maximum atomic E-state index is 13.0. The summed E-state index contributed by atoms with van der Waals surface area (Å²) in [6, 6.07) is 11.7. The molecule has 0 spiro atoms. The maximum absolute atomic E-state index is 13.0. The molecule has 0 unspecified atom stereocenters. The predicted molar refractivity (Wildman–Crippen MR) is 131 cm³/mol. The standard InChI is InChI=1S/C25H26N2O5S/c1-4-6-14-32-20-12-7-17(15-21(20)31-3)16-22-23(28)27(13-5-2)25(33-22)26-19-10-8-18(9-11-19)24(29)30/h5,7-12,15-16H,2,4,6,13-14H2,1,3H3,(H,29,30)/b22-16-,26-25?. The molecule has 0 atom stereocenters. The quantitative estimate of drug-likeness (QED) is 0.288. The van der Waals surface area contributed by atoms with Crippen LogP contribution in [-0.4, -0.2) is 47.3 Å². The van der Waals surface area contributed by atoms with E-state index in [0.29, 0.717) is 40.4 Å². The van der Waals surface area contributed by atoms with Gasteiger partial charge >= 0.3 is 5.97 Å². The normalized spacial score (nSPS) is 15.8. The van der Waals surface area contributed by atoms with Crippen LogP contribution in [0.2, 0.25) is 0 Å². The number of carboxylic acid groups (broad SMARTS) is 1. The van der Waals surface area contributed by atoms with Crippen molar-refractivity contribution >= 4 is 40.6 Å². The molecule has 2 aromatic rings. The second kappa shape index (κ2) is 11.4. The van der Waals surface area contributed by atoms with Crippen molar-refractivity contribution in [3.8, 4) is 11.5 Å². The highest BCUT2D eigenvalue weighted by Gasteiger charge is 2.32. The Morgan fingerprint density at radius 1 is 1.21 bits per heavy atom. The van der Waals surface area contributed by atoms with Crippen LogP contribution in [0.3, 0.4) is 0 Å². The number of methoxy groups -OCH3 is 1. The summed E-state index contributed by atoms with van der Waals surface area (Å²) in [7, 11) is 1.58. The van der Waals surface area contributed by atoms with Gasteiger partial charge in [0.15, 0.2) is 16.7 Å². The molecule has 172 valence electrons. The van der Waals surface area contributed by atoms with Crippen molar-refractivity contribution in [1.29, 1.82) is 0 Å². The number of carbonyl (C=O) groups excluding carboxylic acids is 1. The summed E-state index contributed by atoms with van der Waals surface area (Å²) < 4.78 is 11.2. The summed E-state index contributed by atoms with van der Waals surface area (Å²) in [6.07, 6.45) is 5.42. The van der Waals surface area contributed by atoms with Gasteiger partial charge in [0.25, 0.3) is 5.91 Å². The van der Waals surface area contributed by atoms with Crippen LogP contribution in [0.25, 0.3) is 6.08 Å². The average Bonchev–Trinajstić information content (AvgIpc) is 3.09. The molecule has 33 heavy (non-hydrogen) atoms. The van der Waals surface area contributed by atoms with E-state index in [9.17, 15) is 9.59 Å². The highest BCUT2D eigenvalue weighted by Crippen LogP contribution is 2.36. The SMILES string of the molecule is C=CCN1C(=O)/C(=C/c2ccc(OCCCC)c(OC)c2)SC1=Nc1ccc(C(=O)O)cc1. The van der Waals surface area contributed by atoms with E-state index in [4.69, 9.17) is 14.6 Å². The van der Waals surface area contributed by atoms with E-state index in [1.54, 1.807) is 31.4 Å². The lowest BCUT2D eigenvalue weighted by molar-refractivity contribution is -0.121. The van der Waals surface area contributed by atoms with Gasteiger partial charge < -0.3 is 14.6 Å². The van der Waals surface area contributed by atoms with Crippen LogP contribution in [0.5, 0.6) is 11.5 Å². The Kier molecular flexibility index (Phi) is 8.32. The largest absolute Gasteiger partial charge is 0.493 e. The van der Waals surface area contributed by atoms with Gasteiger partial charge in [0.1, 0.15) is 0 Å². The number of carboxylic acids is 1. The molecule has 0 aromatic heterocycles. The van der Waals surface area contributed by atoms with Crippen molar-refractivity contribution in [3.63, 3.8) is 0 Å². The number of aromatic carboxylic acids is 1. The first-order valence-corrected chi connectivity index (χ1v) is 11.3. The lowest BCUT2D eigenvalue weighted by Crippen LogP contribution is -2.29. The fourth-order valence-corrected chi connectivity index (χ4v) is 4.05. The number of thioether (sulfide) groups is 1. The average molecular weight is 467 g/mol. The summed E-state index contributed by atoms with van der Waals surface area (Å²) in [5.41, 5.74) is 1.53. The van der Waals surface area contributed by atoms with Crippen molar-refractivity contribution in [2.45, 2.75) is 19.8 Å². The molecule has 1 amide bonds. The molecular formula is C25H26N2O5S. The van der Waals surface area contributed by atoms with Crippen LogP contribution in [0, 0.1) is 0 Å². The Labute approximate surface area is 197 Å². The third-order valence-corrected chi connectivity index (χ3v) is 5.79. The molecule has 8 heteroatoms. The number of ether oxygens (including phenoxy) is 2. The van der Waals surface area contributed by atoms with E-state index in [1.165, 1.54) is 28.8 Å². The highest BCUT2D eigenvalue weighted by molar-refractivity contribution is 8.18. The molecular weight excluding hydrogens is 440 g/mol. The van der Waals surface area contributed by atoms with E-state index >= 15 is 0 Å². The molecule has 1 fully saturated rings. The Hall–Kier alpha value is -3.52. The minimum atomic E-state index is -1.00. The van der Waals surface area contributed by atoms with Gasteiger partial charge in [-0.2, -0.15) is 0 Å². The number of unbranched alkanes of at least 4 members (excludes halogenated alkanes) is 1. The predicted octanol–water partition coefficient (Wildman–Crippen LogP) is 5.36. The van der Waals surface area contributed by atoms with Crippen LogP contribution < -0.4 is 9.47 Å². The molecule has 0 saturated carbocycles. The second-order valence-electron chi connectivity index (χ2n) is 7.17. The number of hydrogen-bond donors (Lipinski definition) is 1. The van der Waals surface area contributed by atoms with Gasteiger partial charge in [0, 0.05) is 6.54 Å². The zero-order valence-electron chi connectivity index (χ0n) is 18.6. The van der Waals surface area contributed by atoms with Crippen LogP contribution in [0.15, 0.2) is 65.0 Å². The number of aliphatic imine (C=N–C) groups is 1. The number of benzene rings is 2. The number of nitrogens with zero attached hydrogens (tertiary/aromatic N) is 2. The number of amides is 1. The number of rotatable bonds is 10. The molecule has 1 aliphatic rings. The summed E-state index contributed by atoms with van der Waals surface area (Å²) in [6.45, 7) is 6.76. The van der Waals surface area contributed by atoms with E-state index < -0.39 is 5.97 Å². The molecule has 1 N–H and O–H groups in total. The summed E-state index contributed by atoms with van der Waals surface area (Å²) in [4.78, 5) is 30.7. The topological polar surface area (TPSA) is 88.4 Å². The van der Waals surface area contributed by atoms with Gasteiger partial charge in [-0.05, 0) is 66.2 Å². The first kappa shape index (κ1) is 24.1. The van der Waals surface area contributed by atoms with Gasteiger partial charge in [-0.25, -0.2) is 9.79 Å². The van der Waals surface area contributed by atoms with Crippen molar-refractivity contribution in [2.24, 2.45) is 4.99 Å². The van der Waals surface area contributed by atoms with Crippen molar-refractivity contribution in [3.05, 3.63) is 71.2 Å². The molecule has 1 heterocycles. The minimum Gasteiger partial charge on any atom is -0.493 e. The zero-order valence-corrected chi connectivity index (χ0v) is 19.4. The van der Waals surface area contributed by atoms with Gasteiger partial charge in [-0.1, -0.05) is 25.5 Å². The summed E-state index contributed by atoms with van der Waals surface area (Å²) in [5.74, 6) is 0.0866. The van der Waals surface area contributed by atoms with Crippen molar-refractivity contribution in [2.75, 3.05) is 20.3 Å². The van der Waals surface area contributed by atoms with Gasteiger partial charge in [-0.15, -0.1) is 6.58 Å². The van der Waals surface area contributed by atoms with Gasteiger partial charge in [-0.3, -0.25) is 9.69 Å². The molecule has 7 nitrogen and oxygen atoms in total. The minimum absolute atomic E-state index is 0.175. The maximum Gasteiger partial charge on any atom is 0.335 e. The van der Waals surface area contributed by atoms with Crippen molar-refractivity contribution in [1.82, 2.24) is 4.90 Å². The van der Waals surface area contributed by atoms with Crippen LogP contribution >= 0.6 is 11.8 Å². The Bertz CT molecular complexity index is 1090. The zero-order chi connectivity index (χ0) is 23.8. The Balaban J connectivity index is 1.87. The van der Waals surface area contributed by atoms with E-state index in [1.807, 2.05) is 18.2 Å². The molecule has 2 aromatic carbocycles. The fourth-order valence-electron chi connectivity index (χ4n) is 3.04. The molecule has 1 saturated heterocycles. The second-order valence-corrected chi connectivity index (χ2v) is 8.18. The molecule has 0 bridgehead atoms. The Morgan fingerprint density at radius 2 is 1.97 bits per heavy atom. The van der Waals surface area contributed by atoms with Crippen LogP contribution in [-0.2, 0) is 4.79 Å². The Morgan fingerprint density at radius 3 is 2.61 bits per heavy atom. The van der Waals surface area contributed by atoms with Crippen molar-refractivity contribution < 1.29 is 24.2 Å². The lowest BCUT2D eigenvalue weighted by atomic mass is 10.2. The lowest BCUT2D eigenvalue weighted by Gasteiger charge is -2.12. The third-order valence-electron chi connectivity index (χ3n) is 4.78. The van der Waals surface area contributed by atoms with E-state index in [2.05, 4.69) is 18.5 Å². The third kappa shape index (κ3) is 6.04. The smallest absolute Gasteiger partial charge is 0.335 e. The molecule has 1 aliphatic heterocycles. The monoisotopic (exact) mass is 466 g/mol. The van der Waals surface area contributed by atoms with Gasteiger partial charge in [0.05, 0.1) is 29.9 Å². The van der Waals surface area contributed by atoms with E-state index in [0.717, 1.165) is 18.4 Å². The molecule has 0 radical (unpaired) electrons.